The zero-order valence-electron chi connectivity index (χ0n) is 13.0. The molecule has 0 spiro atoms. The number of hydrogen-bond donors (Lipinski definition) is 2. The molecule has 0 aromatic heterocycles. The maximum absolute atomic E-state index is 12.6. The molecule has 0 unspecified atom stereocenters. The Morgan fingerprint density at radius 2 is 1.62 bits per heavy atom. The molecule has 4 bridgehead atoms. The first-order valence-corrected chi connectivity index (χ1v) is 8.72. The molecule has 0 aromatic carbocycles. The molecule has 1 heterocycles. The Labute approximate surface area is 134 Å². The lowest BCUT2D eigenvalue weighted by atomic mass is 9.54. The van der Waals surface area contributed by atoms with Gasteiger partial charge in [0.05, 0.1) is 0 Å². The van der Waals surface area contributed by atoms with Gasteiger partial charge in [0.2, 0.25) is 5.91 Å². The van der Waals surface area contributed by atoms with Crippen LogP contribution in [0.4, 0.5) is 0 Å². The molecule has 2 atom stereocenters. The van der Waals surface area contributed by atoms with E-state index in [-0.39, 0.29) is 18.3 Å². The summed E-state index contributed by atoms with van der Waals surface area (Å²) >= 11 is 0. The smallest absolute Gasteiger partial charge is 0.223 e. The molecule has 5 rings (SSSR count). The van der Waals surface area contributed by atoms with Crippen molar-refractivity contribution in [3.63, 3.8) is 0 Å². The Balaban J connectivity index is 0.00000132. The highest BCUT2D eigenvalue weighted by molar-refractivity contribution is 5.85. The van der Waals surface area contributed by atoms with Crippen molar-refractivity contribution < 1.29 is 4.79 Å². The summed E-state index contributed by atoms with van der Waals surface area (Å²) in [5.41, 5.74) is 0. The van der Waals surface area contributed by atoms with Gasteiger partial charge in [-0.25, -0.2) is 0 Å². The van der Waals surface area contributed by atoms with Crippen molar-refractivity contribution >= 4 is 18.3 Å². The van der Waals surface area contributed by atoms with Gasteiger partial charge in [0, 0.05) is 18.0 Å². The Morgan fingerprint density at radius 3 is 2.19 bits per heavy atom. The van der Waals surface area contributed by atoms with E-state index in [9.17, 15) is 4.79 Å². The van der Waals surface area contributed by atoms with Crippen LogP contribution in [0.5, 0.6) is 0 Å². The standard InChI is InChI=1S/C17H28N2O.ClH/c1-10-4-13(2-3-18-10)17(20)19-16-14-6-11-5-12(8-14)9-15(16)7-11;/h10-16,18H,2-9H2,1H3,(H,19,20);1H/t10-,11?,12?,13-,14?,15?,16?;/m0./s1. The molecular weight excluding hydrogens is 284 g/mol. The van der Waals surface area contributed by atoms with E-state index in [4.69, 9.17) is 0 Å². The van der Waals surface area contributed by atoms with Gasteiger partial charge in [-0.3, -0.25) is 4.79 Å². The van der Waals surface area contributed by atoms with Crippen LogP contribution in [0.25, 0.3) is 0 Å². The highest BCUT2D eigenvalue weighted by Gasteiger charge is 2.48. The number of piperidine rings is 1. The molecule has 1 amide bonds. The molecule has 2 N–H and O–H groups in total. The average molecular weight is 313 g/mol. The van der Waals surface area contributed by atoms with Crippen LogP contribution in [0.15, 0.2) is 0 Å². The van der Waals surface area contributed by atoms with Gasteiger partial charge in [-0.2, -0.15) is 0 Å². The summed E-state index contributed by atoms with van der Waals surface area (Å²) in [5.74, 6) is 4.19. The molecule has 0 aromatic rings. The van der Waals surface area contributed by atoms with E-state index >= 15 is 0 Å². The third-order valence-corrected chi connectivity index (χ3v) is 6.53. The summed E-state index contributed by atoms with van der Waals surface area (Å²) in [6, 6.07) is 1.01. The van der Waals surface area contributed by atoms with Crippen LogP contribution in [0, 0.1) is 29.6 Å². The number of rotatable bonds is 2. The van der Waals surface area contributed by atoms with Crippen LogP contribution in [0.2, 0.25) is 0 Å². The third-order valence-electron chi connectivity index (χ3n) is 6.53. The maximum Gasteiger partial charge on any atom is 0.223 e. The molecule has 1 saturated heterocycles. The van der Waals surface area contributed by atoms with E-state index in [1.165, 1.54) is 32.1 Å². The Kier molecular flexibility index (Phi) is 4.52. The Morgan fingerprint density at radius 1 is 1.00 bits per heavy atom. The molecule has 4 aliphatic carbocycles. The summed E-state index contributed by atoms with van der Waals surface area (Å²) in [7, 11) is 0. The Bertz CT molecular complexity index is 372. The summed E-state index contributed by atoms with van der Waals surface area (Å²) in [6.07, 6.45) is 9.07. The van der Waals surface area contributed by atoms with Crippen LogP contribution in [-0.2, 0) is 4.79 Å². The van der Waals surface area contributed by atoms with Crippen LogP contribution < -0.4 is 10.6 Å². The molecule has 21 heavy (non-hydrogen) atoms. The van der Waals surface area contributed by atoms with Crippen molar-refractivity contribution in [2.75, 3.05) is 6.54 Å². The second-order valence-corrected chi connectivity index (χ2v) is 8.04. The zero-order chi connectivity index (χ0) is 13.7. The average Bonchev–Trinajstić information content (AvgIpc) is 2.42. The van der Waals surface area contributed by atoms with Crippen molar-refractivity contribution in [2.45, 2.75) is 64.0 Å². The zero-order valence-corrected chi connectivity index (χ0v) is 13.8. The highest BCUT2D eigenvalue weighted by atomic mass is 35.5. The van der Waals surface area contributed by atoms with Gasteiger partial charge in [0.1, 0.15) is 0 Å². The molecule has 1 aliphatic heterocycles. The number of carbonyl (C=O) groups is 1. The molecule has 4 saturated carbocycles. The first-order valence-electron chi connectivity index (χ1n) is 8.72. The van der Waals surface area contributed by atoms with Crippen LogP contribution in [0.1, 0.15) is 51.9 Å². The van der Waals surface area contributed by atoms with Gasteiger partial charge >= 0.3 is 0 Å². The van der Waals surface area contributed by atoms with Gasteiger partial charge in [0.25, 0.3) is 0 Å². The fraction of sp³-hybridized carbons (Fsp3) is 0.941. The van der Waals surface area contributed by atoms with Crippen LogP contribution in [-0.4, -0.2) is 24.5 Å². The highest BCUT2D eigenvalue weighted by Crippen LogP contribution is 2.53. The van der Waals surface area contributed by atoms with Crippen molar-refractivity contribution in [3.05, 3.63) is 0 Å². The summed E-state index contributed by atoms with van der Waals surface area (Å²) in [6.45, 7) is 3.20. The normalized spacial score (nSPS) is 47.8. The van der Waals surface area contributed by atoms with Gasteiger partial charge in [-0.05, 0) is 82.1 Å². The predicted octanol–water partition coefficient (Wildman–Crippen LogP) is 2.74. The monoisotopic (exact) mass is 312 g/mol. The van der Waals surface area contributed by atoms with Crippen molar-refractivity contribution in [3.8, 4) is 0 Å². The van der Waals surface area contributed by atoms with E-state index in [2.05, 4.69) is 17.6 Å². The number of hydrogen-bond acceptors (Lipinski definition) is 2. The van der Waals surface area contributed by atoms with Gasteiger partial charge < -0.3 is 10.6 Å². The maximum atomic E-state index is 12.6. The van der Waals surface area contributed by atoms with Crippen molar-refractivity contribution in [1.82, 2.24) is 10.6 Å². The topological polar surface area (TPSA) is 41.1 Å². The third kappa shape index (κ3) is 2.96. The van der Waals surface area contributed by atoms with Crippen LogP contribution >= 0.6 is 12.4 Å². The summed E-state index contributed by atoms with van der Waals surface area (Å²) in [4.78, 5) is 12.6. The summed E-state index contributed by atoms with van der Waals surface area (Å²) in [5, 5.41) is 6.93. The number of halogens is 1. The molecule has 3 nitrogen and oxygen atoms in total. The second-order valence-electron chi connectivity index (χ2n) is 8.04. The number of nitrogens with one attached hydrogen (secondary N) is 2. The first kappa shape index (κ1) is 15.6. The van der Waals surface area contributed by atoms with Crippen LogP contribution in [0.3, 0.4) is 0 Å². The largest absolute Gasteiger partial charge is 0.353 e. The van der Waals surface area contributed by atoms with Gasteiger partial charge in [-0.1, -0.05) is 0 Å². The second kappa shape index (κ2) is 6.08. The molecule has 120 valence electrons. The minimum absolute atomic E-state index is 0. The van der Waals surface area contributed by atoms with E-state index < -0.39 is 0 Å². The van der Waals surface area contributed by atoms with E-state index in [1.807, 2.05) is 0 Å². The van der Waals surface area contributed by atoms with Gasteiger partial charge in [-0.15, -0.1) is 12.4 Å². The molecule has 4 heteroatoms. The molecule has 5 fully saturated rings. The minimum atomic E-state index is 0. The van der Waals surface area contributed by atoms with E-state index in [0.29, 0.717) is 18.0 Å². The lowest BCUT2D eigenvalue weighted by Gasteiger charge is -2.54. The quantitative estimate of drug-likeness (QED) is 0.823. The first-order chi connectivity index (χ1) is 9.69. The summed E-state index contributed by atoms with van der Waals surface area (Å²) < 4.78 is 0. The SMILES string of the molecule is C[C@H]1C[C@@H](C(=O)NC2C3CC4CC(C3)CC2C4)CCN1.Cl. The number of carbonyl (C=O) groups excluding carboxylic acids is 1. The lowest BCUT2D eigenvalue weighted by Crippen LogP contribution is -2.57. The fourth-order valence-corrected chi connectivity index (χ4v) is 5.81. The van der Waals surface area contributed by atoms with Crippen molar-refractivity contribution in [1.29, 1.82) is 0 Å². The van der Waals surface area contributed by atoms with Crippen molar-refractivity contribution in [2.24, 2.45) is 29.6 Å². The molecular formula is C17H29ClN2O. The fourth-order valence-electron chi connectivity index (χ4n) is 5.81. The predicted molar refractivity (Wildman–Crippen MR) is 86.4 cm³/mol. The van der Waals surface area contributed by atoms with Gasteiger partial charge in [0.15, 0.2) is 0 Å². The number of amides is 1. The van der Waals surface area contributed by atoms with E-state index in [1.54, 1.807) is 0 Å². The molecule has 0 radical (unpaired) electrons. The molecule has 5 aliphatic rings. The van der Waals surface area contributed by atoms with E-state index in [0.717, 1.165) is 43.1 Å². The minimum Gasteiger partial charge on any atom is -0.353 e. The Hall–Kier alpha value is -0.280. The lowest BCUT2D eigenvalue weighted by molar-refractivity contribution is -0.130.